The summed E-state index contributed by atoms with van der Waals surface area (Å²) in [7, 11) is -6.26. The lowest BCUT2D eigenvalue weighted by atomic mass is 9.96. The van der Waals surface area contributed by atoms with Crippen LogP contribution in [0.2, 0.25) is 0 Å². The molecule has 0 unspecified atom stereocenters. The number of nitrogens with zero attached hydrogens (tertiary/aromatic N) is 1. The summed E-state index contributed by atoms with van der Waals surface area (Å²) in [6.07, 6.45) is 6.32. The summed E-state index contributed by atoms with van der Waals surface area (Å²) in [5.74, 6) is -2.58. The zero-order valence-electron chi connectivity index (χ0n) is 24.2. The maximum Gasteiger partial charge on any atom is 0.164 e. The monoisotopic (exact) mass is 621 g/mol. The molecule has 1 aliphatic heterocycles. The molecule has 1 nitrogen and oxygen atoms in total. The summed E-state index contributed by atoms with van der Waals surface area (Å²) in [5.41, 5.74) is 2.26. The highest BCUT2D eigenvalue weighted by atomic mass is 31.2. The highest BCUT2D eigenvalue weighted by Gasteiger charge is 2.63. The van der Waals surface area contributed by atoms with Crippen LogP contribution < -0.4 is 10.6 Å². The van der Waals surface area contributed by atoms with Gasteiger partial charge in [0, 0.05) is 19.5 Å². The SMILES string of the molecule is [CH2-][P+](c1cc(F)ccc1F)(c1cc(F)ccc1F)N(C1CCCCC1)[P+]1([CH2-])[C@H](c2ccccc2)CC[C@H]1c1ccccc1. The van der Waals surface area contributed by atoms with Crippen LogP contribution in [-0.4, -0.2) is 10.5 Å². The number of halogens is 4. The van der Waals surface area contributed by atoms with E-state index in [0.29, 0.717) is 0 Å². The molecule has 7 heteroatoms. The van der Waals surface area contributed by atoms with Gasteiger partial charge in [0.05, 0.1) is 24.8 Å². The van der Waals surface area contributed by atoms with Crippen molar-refractivity contribution in [3.63, 3.8) is 0 Å². The van der Waals surface area contributed by atoms with Gasteiger partial charge in [-0.05, 0) is 61.1 Å². The first-order valence-corrected chi connectivity index (χ1v) is 19.0. The lowest BCUT2D eigenvalue weighted by Gasteiger charge is -2.54. The van der Waals surface area contributed by atoms with Gasteiger partial charge in [-0.3, -0.25) is 0 Å². The minimum absolute atomic E-state index is 0.00445. The van der Waals surface area contributed by atoms with Crippen LogP contribution in [0, 0.1) is 36.6 Å². The van der Waals surface area contributed by atoms with Crippen LogP contribution in [0.5, 0.6) is 0 Å². The summed E-state index contributed by atoms with van der Waals surface area (Å²) in [4.78, 5) is 0. The van der Waals surface area contributed by atoms with Gasteiger partial charge in [-0.2, -0.15) is 6.66 Å². The molecule has 1 aliphatic carbocycles. The first-order chi connectivity index (χ1) is 20.7. The van der Waals surface area contributed by atoms with Crippen molar-refractivity contribution in [1.29, 1.82) is 0 Å². The van der Waals surface area contributed by atoms with E-state index >= 15 is 17.6 Å². The van der Waals surface area contributed by atoms with Gasteiger partial charge in [-0.15, -0.1) is 11.1 Å². The van der Waals surface area contributed by atoms with Crippen molar-refractivity contribution in [2.75, 3.05) is 0 Å². The maximum atomic E-state index is 16.1. The predicted octanol–water partition coefficient (Wildman–Crippen LogP) is 10.6. The van der Waals surface area contributed by atoms with Gasteiger partial charge in [0.15, 0.2) is 11.6 Å². The lowest BCUT2D eigenvalue weighted by molar-refractivity contribution is 0.346. The van der Waals surface area contributed by atoms with Gasteiger partial charge in [-0.1, -0.05) is 79.9 Å². The molecule has 4 aromatic carbocycles. The van der Waals surface area contributed by atoms with Crippen LogP contribution in [0.1, 0.15) is 67.4 Å². The molecule has 2 fully saturated rings. The zero-order valence-corrected chi connectivity index (χ0v) is 26.0. The van der Waals surface area contributed by atoms with Crippen LogP contribution in [0.15, 0.2) is 97.1 Å². The van der Waals surface area contributed by atoms with Gasteiger partial charge in [0.2, 0.25) is 0 Å². The van der Waals surface area contributed by atoms with Gasteiger partial charge in [-0.25, -0.2) is 17.6 Å². The Morgan fingerprint density at radius 2 is 1.05 bits per heavy atom. The third kappa shape index (κ3) is 5.47. The van der Waals surface area contributed by atoms with E-state index in [1.165, 1.54) is 0 Å². The molecule has 2 atom stereocenters. The fourth-order valence-corrected chi connectivity index (χ4v) is 18.6. The van der Waals surface area contributed by atoms with Crippen molar-refractivity contribution < 1.29 is 17.6 Å². The fraction of sp³-hybridized carbons (Fsp3) is 0.278. The normalized spacial score (nSPS) is 20.9. The van der Waals surface area contributed by atoms with E-state index in [9.17, 15) is 0 Å². The average molecular weight is 622 g/mol. The molecule has 224 valence electrons. The second kappa shape index (κ2) is 12.4. The first kappa shape index (κ1) is 30.4. The Morgan fingerprint density at radius 1 is 0.605 bits per heavy atom. The van der Waals surface area contributed by atoms with E-state index in [-0.39, 0.29) is 28.0 Å². The van der Waals surface area contributed by atoms with Gasteiger partial charge in [0.25, 0.3) is 0 Å². The van der Waals surface area contributed by atoms with E-state index in [2.05, 4.69) is 28.7 Å². The molecule has 43 heavy (non-hydrogen) atoms. The van der Waals surface area contributed by atoms with Crippen molar-refractivity contribution in [2.24, 2.45) is 0 Å². The Hall–Kier alpha value is -2.58. The van der Waals surface area contributed by atoms with E-state index in [1.54, 1.807) is 0 Å². The van der Waals surface area contributed by atoms with Gasteiger partial charge >= 0.3 is 0 Å². The van der Waals surface area contributed by atoms with Crippen LogP contribution in [0.3, 0.4) is 0 Å². The molecule has 0 bridgehead atoms. The maximum absolute atomic E-state index is 16.1. The van der Waals surface area contributed by atoms with Gasteiger partial charge < -0.3 is 0 Å². The number of benzene rings is 4. The summed E-state index contributed by atoms with van der Waals surface area (Å²) in [6.45, 7) is 9.92. The molecule has 0 radical (unpaired) electrons. The van der Waals surface area contributed by atoms with E-state index in [0.717, 1.165) is 92.5 Å². The molecule has 0 aromatic heterocycles. The minimum atomic E-state index is -3.57. The molecule has 0 spiro atoms. The lowest BCUT2D eigenvalue weighted by Crippen LogP contribution is -2.45. The first-order valence-electron chi connectivity index (χ1n) is 15.0. The van der Waals surface area contributed by atoms with Crippen molar-refractivity contribution in [3.8, 4) is 0 Å². The summed E-state index contributed by atoms with van der Waals surface area (Å²) in [5, 5.41) is 0.0206. The molecule has 0 amide bonds. The van der Waals surface area contributed by atoms with Crippen molar-refractivity contribution >= 4 is 25.4 Å². The van der Waals surface area contributed by atoms with Gasteiger partial charge in [0.1, 0.15) is 22.2 Å². The molecular formula is C36H37F4NP2. The average Bonchev–Trinajstić information content (AvgIpc) is 3.37. The molecule has 4 aromatic rings. The number of hydrogen-bond acceptors (Lipinski definition) is 1. The summed E-state index contributed by atoms with van der Waals surface area (Å²) in [6, 6.07) is 27.1. The second-order valence-electron chi connectivity index (χ2n) is 11.9. The molecule has 2 aliphatic rings. The third-order valence-corrected chi connectivity index (χ3v) is 19.0. The van der Waals surface area contributed by atoms with Crippen molar-refractivity contribution in [1.82, 2.24) is 4.44 Å². The Labute approximate surface area is 254 Å². The van der Waals surface area contributed by atoms with Crippen LogP contribution in [-0.2, 0) is 0 Å². The summed E-state index contributed by atoms with van der Waals surface area (Å²) >= 11 is 0. The Balaban J connectivity index is 1.70. The van der Waals surface area contributed by atoms with E-state index in [4.69, 9.17) is 13.3 Å². The fourth-order valence-electron chi connectivity index (χ4n) is 7.53. The Bertz CT molecular complexity index is 1460. The highest BCUT2D eigenvalue weighted by Crippen LogP contribution is 2.92. The topological polar surface area (TPSA) is 3.24 Å². The van der Waals surface area contributed by atoms with E-state index < -0.39 is 38.1 Å². The quantitative estimate of drug-likeness (QED) is 0.113. The third-order valence-electron chi connectivity index (χ3n) is 9.41. The smallest absolute Gasteiger partial charge is 0.164 e. The molecule has 1 saturated carbocycles. The number of rotatable bonds is 7. The molecular weight excluding hydrogens is 584 g/mol. The highest BCUT2D eigenvalue weighted by molar-refractivity contribution is 7.97. The van der Waals surface area contributed by atoms with Crippen molar-refractivity contribution in [2.45, 2.75) is 62.3 Å². The molecule has 6 rings (SSSR count). The molecule has 0 N–H and O–H groups in total. The van der Waals surface area contributed by atoms with E-state index in [1.807, 2.05) is 36.4 Å². The van der Waals surface area contributed by atoms with Crippen LogP contribution in [0.4, 0.5) is 17.6 Å². The predicted molar refractivity (Wildman–Crippen MR) is 173 cm³/mol. The minimum Gasteiger partial charge on any atom is -0.207 e. The van der Waals surface area contributed by atoms with Crippen LogP contribution in [0.25, 0.3) is 0 Å². The zero-order chi connectivity index (χ0) is 30.2. The second-order valence-corrected chi connectivity index (χ2v) is 18.6. The van der Waals surface area contributed by atoms with Crippen molar-refractivity contribution in [3.05, 3.63) is 145 Å². The summed E-state index contributed by atoms with van der Waals surface area (Å²) < 4.78 is 64.7. The van der Waals surface area contributed by atoms with Crippen LogP contribution >= 0.6 is 14.8 Å². The number of hydrogen-bond donors (Lipinski definition) is 0. The largest absolute Gasteiger partial charge is 0.207 e. The standard InChI is InChI=1S/C36H37F4NP2/c1-42(33(26-12-6-3-7-13-26)22-23-34(42)27-14-8-4-9-15-27)41(30-16-10-5-11-17-30)43(2,35-24-28(37)18-20-31(35)39)36-25-29(38)19-21-32(36)40/h3-4,6-9,12-15,18-21,24-25,30,33-34H,1-2,5,10-11,16-17,22-23H2/t33-,34-/m0/s1. The Kier molecular flexibility index (Phi) is 8.80. The molecule has 1 saturated heterocycles. The Morgan fingerprint density at radius 3 is 1.49 bits per heavy atom. The molecule has 1 heterocycles.